The van der Waals surface area contributed by atoms with E-state index in [-0.39, 0.29) is 6.10 Å². The molecule has 1 N–H and O–H groups in total. The van der Waals surface area contributed by atoms with Gasteiger partial charge < -0.3 is 9.63 Å². The quantitative estimate of drug-likeness (QED) is 0.937. The second-order valence-corrected chi connectivity index (χ2v) is 5.31. The lowest BCUT2D eigenvalue weighted by Gasteiger charge is -2.03. The van der Waals surface area contributed by atoms with Crippen LogP contribution in [0.3, 0.4) is 0 Å². The van der Waals surface area contributed by atoms with Gasteiger partial charge in [-0.1, -0.05) is 5.16 Å². The molecule has 0 spiro atoms. The van der Waals surface area contributed by atoms with Gasteiger partial charge in [0.05, 0.1) is 12.5 Å². The minimum absolute atomic E-state index is 0.370. The van der Waals surface area contributed by atoms with E-state index < -0.39 is 0 Å². The summed E-state index contributed by atoms with van der Waals surface area (Å²) in [6.45, 7) is 0. The highest BCUT2D eigenvalue weighted by molar-refractivity contribution is 9.10. The van der Waals surface area contributed by atoms with Crippen LogP contribution in [0.5, 0.6) is 0 Å². The lowest BCUT2D eigenvalue weighted by atomic mass is 10.2. The van der Waals surface area contributed by atoms with Crippen molar-refractivity contribution in [2.45, 2.75) is 25.4 Å². The Balaban J connectivity index is 1.78. The molecule has 0 aliphatic heterocycles. The molecule has 0 aromatic carbocycles. The fourth-order valence-electron chi connectivity index (χ4n) is 1.81. The van der Waals surface area contributed by atoms with Gasteiger partial charge in [-0.3, -0.25) is 4.98 Å². The highest BCUT2D eigenvalue weighted by atomic mass is 79.9. The maximum atomic E-state index is 9.82. The topological polar surface area (TPSA) is 72.0 Å². The Kier molecular flexibility index (Phi) is 3.13. The molecule has 1 aliphatic rings. The predicted octanol–water partition coefficient (Wildman–Crippen LogP) is 2.21. The number of halogens is 1. The second kappa shape index (κ2) is 4.78. The van der Waals surface area contributed by atoms with E-state index in [4.69, 9.17) is 4.52 Å². The van der Waals surface area contributed by atoms with Gasteiger partial charge in [0.25, 0.3) is 0 Å². The zero-order valence-corrected chi connectivity index (χ0v) is 11.2. The van der Waals surface area contributed by atoms with Crippen LogP contribution in [-0.2, 0) is 6.42 Å². The van der Waals surface area contributed by atoms with Crippen LogP contribution in [-0.4, -0.2) is 26.3 Å². The number of nitrogens with zero attached hydrogens (tertiary/aromatic N) is 3. The second-order valence-electron chi connectivity index (χ2n) is 4.45. The number of aliphatic hydroxyl groups is 1. The molecule has 1 unspecified atom stereocenters. The normalized spacial score (nSPS) is 16.8. The summed E-state index contributed by atoms with van der Waals surface area (Å²) in [5.74, 6) is 1.31. The van der Waals surface area contributed by atoms with Crippen molar-refractivity contribution < 1.29 is 9.63 Å². The van der Waals surface area contributed by atoms with Crippen LogP contribution in [0.4, 0.5) is 0 Å². The van der Waals surface area contributed by atoms with Crippen LogP contribution in [0.15, 0.2) is 27.3 Å². The first-order valence-electron chi connectivity index (χ1n) is 5.85. The number of aromatic nitrogens is 3. The number of aliphatic hydroxyl groups excluding tert-OH is 1. The highest BCUT2D eigenvalue weighted by Crippen LogP contribution is 2.34. The van der Waals surface area contributed by atoms with Gasteiger partial charge in [-0.25, -0.2) is 0 Å². The molecule has 0 bridgehead atoms. The van der Waals surface area contributed by atoms with Crippen molar-refractivity contribution in [3.63, 3.8) is 0 Å². The summed E-state index contributed by atoms with van der Waals surface area (Å²) in [6, 6.07) is 3.70. The van der Waals surface area contributed by atoms with E-state index in [0.717, 1.165) is 17.3 Å². The summed E-state index contributed by atoms with van der Waals surface area (Å²) in [5, 5.41) is 13.7. The molecule has 0 amide bonds. The molecule has 94 valence electrons. The van der Waals surface area contributed by atoms with Crippen molar-refractivity contribution in [3.05, 3.63) is 28.7 Å². The van der Waals surface area contributed by atoms with Crippen LogP contribution in [0.2, 0.25) is 0 Å². The van der Waals surface area contributed by atoms with Crippen molar-refractivity contribution in [2.75, 3.05) is 0 Å². The number of pyridine rings is 1. The SMILES string of the molecule is OC(Cc1nc(-c2ncccc2Br)no1)C1CC1. The Morgan fingerprint density at radius 2 is 2.33 bits per heavy atom. The minimum atomic E-state index is -0.370. The van der Waals surface area contributed by atoms with Crippen LogP contribution >= 0.6 is 15.9 Å². The molecular formula is C12H12BrN3O2. The number of rotatable bonds is 4. The predicted molar refractivity (Wildman–Crippen MR) is 67.7 cm³/mol. The molecule has 1 saturated carbocycles. The van der Waals surface area contributed by atoms with Gasteiger partial charge in [0.2, 0.25) is 11.7 Å². The van der Waals surface area contributed by atoms with Crippen molar-refractivity contribution in [1.82, 2.24) is 15.1 Å². The van der Waals surface area contributed by atoms with E-state index in [1.54, 1.807) is 6.20 Å². The fraction of sp³-hybridized carbons (Fsp3) is 0.417. The Bertz CT molecular complexity index is 554. The molecule has 1 atom stereocenters. The summed E-state index contributed by atoms with van der Waals surface area (Å²) in [7, 11) is 0. The monoisotopic (exact) mass is 309 g/mol. The smallest absolute Gasteiger partial charge is 0.229 e. The van der Waals surface area contributed by atoms with Gasteiger partial charge in [0.15, 0.2) is 0 Å². The maximum absolute atomic E-state index is 9.82. The van der Waals surface area contributed by atoms with Crippen LogP contribution in [0, 0.1) is 5.92 Å². The van der Waals surface area contributed by atoms with E-state index in [9.17, 15) is 5.11 Å². The molecule has 3 rings (SSSR count). The molecule has 0 saturated heterocycles. The zero-order valence-electron chi connectivity index (χ0n) is 9.58. The van der Waals surface area contributed by atoms with Crippen molar-refractivity contribution in [1.29, 1.82) is 0 Å². The third kappa shape index (κ3) is 2.44. The van der Waals surface area contributed by atoms with Gasteiger partial charge in [-0.05, 0) is 46.8 Å². The Hall–Kier alpha value is -1.27. The summed E-state index contributed by atoms with van der Waals surface area (Å²) >= 11 is 3.39. The van der Waals surface area contributed by atoms with Gasteiger partial charge in [-0.2, -0.15) is 4.98 Å². The first-order chi connectivity index (χ1) is 8.74. The van der Waals surface area contributed by atoms with Crippen molar-refractivity contribution in [3.8, 4) is 11.5 Å². The average Bonchev–Trinajstić information content (AvgIpc) is 3.12. The molecule has 0 radical (unpaired) electrons. The summed E-state index contributed by atoms with van der Waals surface area (Å²) < 4.78 is 5.96. The average molecular weight is 310 g/mol. The van der Waals surface area contributed by atoms with Gasteiger partial charge in [0, 0.05) is 10.7 Å². The van der Waals surface area contributed by atoms with E-state index in [2.05, 4.69) is 31.1 Å². The maximum Gasteiger partial charge on any atom is 0.229 e. The molecule has 2 aromatic heterocycles. The Labute approximate surface area is 112 Å². The number of hydrogen-bond donors (Lipinski definition) is 1. The standard InChI is InChI=1S/C12H12BrN3O2/c13-8-2-1-5-14-11(8)12-15-10(18-16-12)6-9(17)7-3-4-7/h1-2,5,7,9,17H,3-4,6H2. The van der Waals surface area contributed by atoms with E-state index in [1.165, 1.54) is 0 Å². The molecule has 1 fully saturated rings. The number of hydrogen-bond acceptors (Lipinski definition) is 5. The van der Waals surface area contributed by atoms with E-state index >= 15 is 0 Å². The molecule has 2 heterocycles. The van der Waals surface area contributed by atoms with Crippen molar-refractivity contribution >= 4 is 15.9 Å². The lowest BCUT2D eigenvalue weighted by molar-refractivity contribution is 0.140. The van der Waals surface area contributed by atoms with Gasteiger partial charge in [0.1, 0.15) is 5.69 Å². The lowest BCUT2D eigenvalue weighted by Crippen LogP contribution is -2.12. The molecule has 1 aliphatic carbocycles. The third-order valence-corrected chi connectivity index (χ3v) is 3.63. The highest BCUT2D eigenvalue weighted by Gasteiger charge is 2.31. The molecule has 6 heteroatoms. The van der Waals surface area contributed by atoms with Crippen LogP contribution in [0.25, 0.3) is 11.5 Å². The van der Waals surface area contributed by atoms with Crippen LogP contribution in [0.1, 0.15) is 18.7 Å². The Morgan fingerprint density at radius 3 is 3.06 bits per heavy atom. The summed E-state index contributed by atoms with van der Waals surface area (Å²) in [5.41, 5.74) is 0.647. The van der Waals surface area contributed by atoms with Crippen molar-refractivity contribution in [2.24, 2.45) is 5.92 Å². The minimum Gasteiger partial charge on any atom is -0.392 e. The molecule has 18 heavy (non-hydrogen) atoms. The van der Waals surface area contributed by atoms with Gasteiger partial charge >= 0.3 is 0 Å². The third-order valence-electron chi connectivity index (χ3n) is 2.99. The largest absolute Gasteiger partial charge is 0.392 e. The molecule has 2 aromatic rings. The molecule has 5 nitrogen and oxygen atoms in total. The van der Waals surface area contributed by atoms with E-state index in [0.29, 0.717) is 29.7 Å². The fourth-order valence-corrected chi connectivity index (χ4v) is 2.24. The molecular weight excluding hydrogens is 298 g/mol. The summed E-state index contributed by atoms with van der Waals surface area (Å²) in [4.78, 5) is 8.46. The first-order valence-corrected chi connectivity index (χ1v) is 6.65. The Morgan fingerprint density at radius 1 is 1.50 bits per heavy atom. The van der Waals surface area contributed by atoms with E-state index in [1.807, 2.05) is 12.1 Å². The van der Waals surface area contributed by atoms with Crippen LogP contribution < -0.4 is 0 Å². The first kappa shape index (κ1) is 11.8. The zero-order chi connectivity index (χ0) is 12.5. The summed E-state index contributed by atoms with van der Waals surface area (Å²) in [6.07, 6.45) is 3.91. The van der Waals surface area contributed by atoms with Gasteiger partial charge in [-0.15, -0.1) is 0 Å².